The van der Waals surface area contributed by atoms with Crippen molar-refractivity contribution in [3.8, 4) is 0 Å². The van der Waals surface area contributed by atoms with Gasteiger partial charge in [0.1, 0.15) is 5.00 Å². The summed E-state index contributed by atoms with van der Waals surface area (Å²) < 4.78 is 4.34. The molecule has 2 N–H and O–H groups in total. The van der Waals surface area contributed by atoms with E-state index in [4.69, 9.17) is 5.11 Å². The predicted octanol–water partition coefficient (Wildman–Crippen LogP) is 2.48. The van der Waals surface area contributed by atoms with Crippen LogP contribution in [0, 0.1) is 0 Å². The highest BCUT2D eigenvalue weighted by atomic mass is 32.1. The average molecular weight is 222 g/mol. The summed E-state index contributed by atoms with van der Waals surface area (Å²) in [5, 5.41) is 14.6. The minimum Gasteiger partial charge on any atom is -0.394 e. The van der Waals surface area contributed by atoms with Gasteiger partial charge in [0.05, 0.1) is 12.1 Å². The van der Waals surface area contributed by atoms with Crippen molar-refractivity contribution in [3.05, 3.63) is 24.3 Å². The van der Waals surface area contributed by atoms with Crippen LogP contribution in [-0.2, 0) is 0 Å². The van der Waals surface area contributed by atoms with Crippen molar-refractivity contribution < 1.29 is 5.11 Å². The standard InChI is InChI=1S/C11H14N2OS/c1-2-8(7-14)12-11-9-5-3-4-6-10(9)13-15-11/h3-6,8,12,14H,2,7H2,1H3. The maximum atomic E-state index is 9.12. The van der Waals surface area contributed by atoms with Crippen LogP contribution in [0.3, 0.4) is 0 Å². The summed E-state index contributed by atoms with van der Waals surface area (Å²) in [6.07, 6.45) is 0.905. The van der Waals surface area contributed by atoms with Crippen LogP contribution >= 0.6 is 11.5 Å². The zero-order valence-corrected chi connectivity index (χ0v) is 9.42. The third kappa shape index (κ3) is 2.11. The Labute approximate surface area is 92.9 Å². The van der Waals surface area contributed by atoms with Crippen molar-refractivity contribution in [2.45, 2.75) is 19.4 Å². The second-order valence-electron chi connectivity index (χ2n) is 3.46. The monoisotopic (exact) mass is 222 g/mol. The molecular weight excluding hydrogens is 208 g/mol. The molecule has 3 nitrogen and oxygen atoms in total. The summed E-state index contributed by atoms with van der Waals surface area (Å²) in [5.74, 6) is 0. The summed E-state index contributed by atoms with van der Waals surface area (Å²) in [6.45, 7) is 2.21. The van der Waals surface area contributed by atoms with Gasteiger partial charge in [-0.05, 0) is 30.1 Å². The van der Waals surface area contributed by atoms with Gasteiger partial charge in [0.2, 0.25) is 0 Å². The number of rotatable bonds is 4. The van der Waals surface area contributed by atoms with Crippen LogP contribution in [0.1, 0.15) is 13.3 Å². The topological polar surface area (TPSA) is 45.1 Å². The summed E-state index contributed by atoms with van der Waals surface area (Å²) in [4.78, 5) is 0. The maximum Gasteiger partial charge on any atom is 0.117 e. The third-order valence-corrected chi connectivity index (χ3v) is 3.24. The number of aliphatic hydroxyl groups is 1. The van der Waals surface area contributed by atoms with Crippen LogP contribution in [0.25, 0.3) is 10.9 Å². The van der Waals surface area contributed by atoms with Crippen LogP contribution < -0.4 is 5.32 Å². The fraction of sp³-hybridized carbons (Fsp3) is 0.364. The predicted molar refractivity (Wildman–Crippen MR) is 64.4 cm³/mol. The van der Waals surface area contributed by atoms with Crippen LogP contribution in [0.4, 0.5) is 5.00 Å². The van der Waals surface area contributed by atoms with Gasteiger partial charge in [-0.3, -0.25) is 0 Å². The first kappa shape index (κ1) is 10.4. The Morgan fingerprint density at radius 1 is 1.47 bits per heavy atom. The number of benzene rings is 1. The van der Waals surface area contributed by atoms with Gasteiger partial charge in [0.25, 0.3) is 0 Å². The van der Waals surface area contributed by atoms with Gasteiger partial charge in [-0.15, -0.1) is 0 Å². The Kier molecular flexibility index (Phi) is 3.18. The van der Waals surface area contributed by atoms with E-state index in [0.29, 0.717) is 0 Å². The zero-order chi connectivity index (χ0) is 10.7. The second-order valence-corrected chi connectivity index (χ2v) is 4.23. The Morgan fingerprint density at radius 2 is 2.27 bits per heavy atom. The lowest BCUT2D eigenvalue weighted by molar-refractivity contribution is 0.272. The van der Waals surface area contributed by atoms with Crippen molar-refractivity contribution in [3.63, 3.8) is 0 Å². The first-order valence-electron chi connectivity index (χ1n) is 5.07. The zero-order valence-electron chi connectivity index (χ0n) is 8.60. The molecule has 0 fully saturated rings. The molecule has 2 aromatic rings. The molecule has 1 aromatic carbocycles. The summed E-state index contributed by atoms with van der Waals surface area (Å²) in [7, 11) is 0. The molecule has 1 unspecified atom stereocenters. The molecule has 0 saturated heterocycles. The van der Waals surface area contributed by atoms with Crippen LogP contribution in [0.2, 0.25) is 0 Å². The molecule has 2 rings (SSSR count). The van der Waals surface area contributed by atoms with Gasteiger partial charge in [-0.1, -0.05) is 19.1 Å². The molecule has 80 valence electrons. The Hall–Kier alpha value is -1.13. The number of hydrogen-bond donors (Lipinski definition) is 2. The molecule has 1 aromatic heterocycles. The Balaban J connectivity index is 2.28. The van der Waals surface area contributed by atoms with Crippen LogP contribution in [0.5, 0.6) is 0 Å². The fourth-order valence-corrected chi connectivity index (χ4v) is 2.29. The molecule has 0 aliphatic rings. The van der Waals surface area contributed by atoms with Gasteiger partial charge in [-0.25, -0.2) is 0 Å². The Bertz CT molecular complexity index is 437. The summed E-state index contributed by atoms with van der Waals surface area (Å²) in [5.41, 5.74) is 1.01. The first-order valence-corrected chi connectivity index (χ1v) is 5.84. The van der Waals surface area contributed by atoms with E-state index in [-0.39, 0.29) is 12.6 Å². The van der Waals surface area contributed by atoms with E-state index in [1.165, 1.54) is 11.5 Å². The van der Waals surface area contributed by atoms with Gasteiger partial charge in [-0.2, -0.15) is 4.37 Å². The number of hydrogen-bond acceptors (Lipinski definition) is 4. The number of aromatic nitrogens is 1. The molecule has 0 spiro atoms. The average Bonchev–Trinajstić information content (AvgIpc) is 2.69. The van der Waals surface area contributed by atoms with Crippen molar-refractivity contribution in [2.75, 3.05) is 11.9 Å². The van der Waals surface area contributed by atoms with Crippen molar-refractivity contribution in [2.24, 2.45) is 0 Å². The molecule has 0 aliphatic carbocycles. The first-order chi connectivity index (χ1) is 7.35. The van der Waals surface area contributed by atoms with Crippen LogP contribution in [0.15, 0.2) is 24.3 Å². The number of anilines is 1. The van der Waals surface area contributed by atoms with E-state index in [1.54, 1.807) is 0 Å². The number of nitrogens with zero attached hydrogens (tertiary/aromatic N) is 1. The Morgan fingerprint density at radius 3 is 3.00 bits per heavy atom. The third-order valence-electron chi connectivity index (χ3n) is 2.43. The summed E-state index contributed by atoms with van der Waals surface area (Å²) >= 11 is 1.45. The molecule has 15 heavy (non-hydrogen) atoms. The van der Waals surface area contributed by atoms with E-state index in [9.17, 15) is 0 Å². The second kappa shape index (κ2) is 4.59. The lowest BCUT2D eigenvalue weighted by Crippen LogP contribution is -2.21. The van der Waals surface area contributed by atoms with E-state index < -0.39 is 0 Å². The van der Waals surface area contributed by atoms with Gasteiger partial charge in [0.15, 0.2) is 0 Å². The lowest BCUT2D eigenvalue weighted by atomic mass is 10.2. The number of nitrogens with one attached hydrogen (secondary N) is 1. The molecule has 0 saturated carbocycles. The fourth-order valence-electron chi connectivity index (χ4n) is 1.46. The maximum absolute atomic E-state index is 9.12. The molecule has 1 heterocycles. The SMILES string of the molecule is CCC(CO)Nc1snc2ccccc12. The van der Waals surface area contributed by atoms with Gasteiger partial charge >= 0.3 is 0 Å². The highest BCUT2D eigenvalue weighted by Gasteiger charge is 2.09. The minimum atomic E-state index is 0.119. The normalized spacial score (nSPS) is 12.9. The molecule has 0 aliphatic heterocycles. The molecule has 0 amide bonds. The lowest BCUT2D eigenvalue weighted by Gasteiger charge is -2.13. The number of aliphatic hydroxyl groups excluding tert-OH is 1. The summed E-state index contributed by atoms with van der Waals surface area (Å²) in [6, 6.07) is 8.15. The minimum absolute atomic E-state index is 0.119. The van der Waals surface area contributed by atoms with E-state index in [0.717, 1.165) is 22.3 Å². The van der Waals surface area contributed by atoms with Crippen LogP contribution in [-0.4, -0.2) is 22.1 Å². The molecular formula is C11H14N2OS. The molecule has 0 bridgehead atoms. The highest BCUT2D eigenvalue weighted by molar-refractivity contribution is 7.11. The molecule has 4 heteroatoms. The quantitative estimate of drug-likeness (QED) is 0.835. The van der Waals surface area contributed by atoms with Crippen molar-refractivity contribution in [1.82, 2.24) is 4.37 Å². The molecule has 0 radical (unpaired) electrons. The van der Waals surface area contributed by atoms with E-state index in [2.05, 4.69) is 16.6 Å². The van der Waals surface area contributed by atoms with Crippen molar-refractivity contribution in [1.29, 1.82) is 0 Å². The highest BCUT2D eigenvalue weighted by Crippen LogP contribution is 2.27. The largest absolute Gasteiger partial charge is 0.394 e. The molecule has 1 atom stereocenters. The van der Waals surface area contributed by atoms with Gasteiger partial charge < -0.3 is 10.4 Å². The van der Waals surface area contributed by atoms with E-state index >= 15 is 0 Å². The van der Waals surface area contributed by atoms with E-state index in [1.807, 2.05) is 24.3 Å². The van der Waals surface area contributed by atoms with Crippen molar-refractivity contribution >= 4 is 27.4 Å². The van der Waals surface area contributed by atoms with Gasteiger partial charge in [0, 0.05) is 11.4 Å². The smallest absolute Gasteiger partial charge is 0.117 e. The number of fused-ring (bicyclic) bond motifs is 1.